The number of hydrogen-bond acceptors (Lipinski definition) is 3. The Hall–Kier alpha value is -1.14. The van der Waals surface area contributed by atoms with Crippen molar-refractivity contribution in [2.45, 2.75) is 25.7 Å². The molecule has 0 amide bonds. The lowest BCUT2D eigenvalue weighted by molar-refractivity contribution is -0.111. The SMILES string of the molecule is Cc1cc(C)c(S(=O)(=O)/N=C2\C=C(Cl)C(=O)C(Cl)=C2Cl)c(C)c1. The van der Waals surface area contributed by atoms with Gasteiger partial charge in [-0.05, 0) is 38.0 Å². The van der Waals surface area contributed by atoms with Crippen LogP contribution in [0.25, 0.3) is 0 Å². The molecule has 0 spiro atoms. The number of hydrogen-bond donors (Lipinski definition) is 0. The summed E-state index contributed by atoms with van der Waals surface area (Å²) in [5.74, 6) is -0.669. The van der Waals surface area contributed by atoms with Crippen molar-refractivity contribution in [3.05, 3.63) is 50.0 Å². The molecular formula is C15H12Cl3NO3S. The summed E-state index contributed by atoms with van der Waals surface area (Å²) in [6, 6.07) is 3.50. The molecule has 0 saturated heterocycles. The van der Waals surface area contributed by atoms with Gasteiger partial charge in [0.2, 0.25) is 5.78 Å². The summed E-state index contributed by atoms with van der Waals surface area (Å²) in [4.78, 5) is 11.7. The molecule has 1 aliphatic carbocycles. The second-order valence-corrected chi connectivity index (χ2v) is 7.83. The Morgan fingerprint density at radius 2 is 1.48 bits per heavy atom. The van der Waals surface area contributed by atoms with Crippen molar-refractivity contribution in [1.82, 2.24) is 0 Å². The molecule has 0 saturated carbocycles. The van der Waals surface area contributed by atoms with Crippen molar-refractivity contribution < 1.29 is 13.2 Å². The first kappa shape index (κ1) is 18.2. The summed E-state index contributed by atoms with van der Waals surface area (Å²) in [5, 5.41) is -0.844. The molecule has 0 unspecified atom stereocenters. The molecule has 0 radical (unpaired) electrons. The van der Waals surface area contributed by atoms with Crippen molar-refractivity contribution >= 4 is 56.3 Å². The van der Waals surface area contributed by atoms with E-state index in [0.717, 1.165) is 11.6 Å². The molecule has 1 aliphatic rings. The quantitative estimate of drug-likeness (QED) is 0.711. The average Bonchev–Trinajstić information content (AvgIpc) is 2.40. The van der Waals surface area contributed by atoms with Crippen molar-refractivity contribution in [2.75, 3.05) is 0 Å². The lowest BCUT2D eigenvalue weighted by Gasteiger charge is -2.12. The Balaban J connectivity index is 2.66. The minimum Gasteiger partial charge on any atom is -0.287 e. The molecule has 0 atom stereocenters. The van der Waals surface area contributed by atoms with E-state index in [-0.39, 0.29) is 25.7 Å². The first-order valence-corrected chi connectivity index (χ1v) is 9.02. The maximum Gasteiger partial charge on any atom is 0.283 e. The third-order valence-electron chi connectivity index (χ3n) is 3.18. The molecule has 0 N–H and O–H groups in total. The van der Waals surface area contributed by atoms with E-state index in [0.29, 0.717) is 11.1 Å². The van der Waals surface area contributed by atoms with E-state index in [2.05, 4.69) is 4.40 Å². The zero-order chi connectivity index (χ0) is 17.5. The Labute approximate surface area is 149 Å². The van der Waals surface area contributed by atoms with Crippen LogP contribution in [0.15, 0.2) is 42.6 Å². The van der Waals surface area contributed by atoms with Gasteiger partial charge in [0.05, 0.1) is 20.7 Å². The summed E-state index contributed by atoms with van der Waals surface area (Å²) in [6.45, 7) is 5.24. The number of Topliss-reactive ketones (excluding diaryl/α,β-unsaturated/α-hetero) is 1. The third kappa shape index (κ3) is 3.53. The summed E-state index contributed by atoms with van der Waals surface area (Å²) in [7, 11) is -4.04. The van der Waals surface area contributed by atoms with Gasteiger partial charge in [-0.15, -0.1) is 0 Å². The van der Waals surface area contributed by atoms with Crippen LogP contribution in [0.5, 0.6) is 0 Å². The van der Waals surface area contributed by atoms with Crippen LogP contribution in [0, 0.1) is 20.8 Å². The zero-order valence-corrected chi connectivity index (χ0v) is 15.5. The van der Waals surface area contributed by atoms with E-state index < -0.39 is 15.8 Å². The van der Waals surface area contributed by atoms with Crippen LogP contribution in [0.1, 0.15) is 16.7 Å². The Morgan fingerprint density at radius 1 is 0.957 bits per heavy atom. The fraction of sp³-hybridized carbons (Fsp3) is 0.200. The first-order valence-electron chi connectivity index (χ1n) is 6.45. The van der Waals surface area contributed by atoms with Gasteiger partial charge in [-0.3, -0.25) is 4.79 Å². The van der Waals surface area contributed by atoms with Crippen molar-refractivity contribution in [3.8, 4) is 0 Å². The molecule has 2 rings (SSSR count). The van der Waals surface area contributed by atoms with E-state index in [9.17, 15) is 13.2 Å². The predicted molar refractivity (Wildman–Crippen MR) is 92.9 cm³/mol. The van der Waals surface area contributed by atoms with E-state index in [1.54, 1.807) is 26.0 Å². The Bertz CT molecular complexity index is 889. The predicted octanol–water partition coefficient (Wildman–Crippen LogP) is 4.14. The van der Waals surface area contributed by atoms with Gasteiger partial charge in [0.1, 0.15) is 5.03 Å². The Kier molecular flexibility index (Phi) is 5.06. The Morgan fingerprint density at radius 3 is 2.00 bits per heavy atom. The van der Waals surface area contributed by atoms with Crippen molar-refractivity contribution in [2.24, 2.45) is 4.40 Å². The lowest BCUT2D eigenvalue weighted by Crippen LogP contribution is -2.14. The topological polar surface area (TPSA) is 63.6 Å². The van der Waals surface area contributed by atoms with Crippen LogP contribution >= 0.6 is 34.8 Å². The maximum atomic E-state index is 12.6. The van der Waals surface area contributed by atoms with Crippen LogP contribution in [-0.4, -0.2) is 19.9 Å². The number of halogens is 3. The summed E-state index contributed by atoms with van der Waals surface area (Å²) < 4.78 is 29.0. The van der Waals surface area contributed by atoms with E-state index in [1.807, 2.05) is 6.92 Å². The molecule has 1 aromatic carbocycles. The number of carbonyl (C=O) groups excluding carboxylic acids is 1. The van der Waals surface area contributed by atoms with Crippen molar-refractivity contribution in [1.29, 1.82) is 0 Å². The third-order valence-corrected chi connectivity index (χ3v) is 5.90. The van der Waals surface area contributed by atoms with Gasteiger partial charge in [0.15, 0.2) is 0 Å². The largest absolute Gasteiger partial charge is 0.287 e. The number of ketones is 1. The minimum absolute atomic E-state index is 0.0950. The highest BCUT2D eigenvalue weighted by molar-refractivity contribution is 7.90. The van der Waals surface area contributed by atoms with Crippen LogP contribution in [0.4, 0.5) is 0 Å². The van der Waals surface area contributed by atoms with Gasteiger partial charge in [0.25, 0.3) is 10.0 Å². The molecule has 23 heavy (non-hydrogen) atoms. The molecule has 0 heterocycles. The van der Waals surface area contributed by atoms with E-state index in [1.165, 1.54) is 0 Å². The number of carbonyl (C=O) groups is 1. The second-order valence-electron chi connectivity index (χ2n) is 5.13. The minimum atomic E-state index is -4.04. The second kappa shape index (κ2) is 6.40. The van der Waals surface area contributed by atoms with Crippen LogP contribution in [-0.2, 0) is 14.8 Å². The van der Waals surface area contributed by atoms with Crippen LogP contribution in [0.3, 0.4) is 0 Å². The molecular weight excluding hydrogens is 381 g/mol. The van der Waals surface area contributed by atoms with Crippen LogP contribution in [0.2, 0.25) is 0 Å². The normalized spacial score (nSPS) is 17.7. The van der Waals surface area contributed by atoms with Gasteiger partial charge >= 0.3 is 0 Å². The molecule has 0 aromatic heterocycles. The lowest BCUT2D eigenvalue weighted by atomic mass is 10.1. The number of allylic oxidation sites excluding steroid dienone is 4. The molecule has 122 valence electrons. The fourth-order valence-corrected chi connectivity index (χ4v) is 4.48. The van der Waals surface area contributed by atoms with Gasteiger partial charge in [0, 0.05) is 0 Å². The van der Waals surface area contributed by atoms with Crippen molar-refractivity contribution in [3.63, 3.8) is 0 Å². The summed E-state index contributed by atoms with van der Waals surface area (Å²) in [5.41, 5.74) is 1.92. The summed E-state index contributed by atoms with van der Waals surface area (Å²) >= 11 is 17.4. The van der Waals surface area contributed by atoms with E-state index >= 15 is 0 Å². The number of rotatable bonds is 2. The first-order chi connectivity index (χ1) is 10.5. The number of benzene rings is 1. The highest BCUT2D eigenvalue weighted by Gasteiger charge is 2.27. The highest BCUT2D eigenvalue weighted by atomic mass is 35.5. The molecule has 0 bridgehead atoms. The van der Waals surface area contributed by atoms with Gasteiger partial charge in [-0.25, -0.2) is 0 Å². The average molecular weight is 393 g/mol. The van der Waals surface area contributed by atoms with Crippen LogP contribution < -0.4 is 0 Å². The molecule has 8 heteroatoms. The highest BCUT2D eigenvalue weighted by Crippen LogP contribution is 2.30. The monoisotopic (exact) mass is 391 g/mol. The molecule has 1 aromatic rings. The fourth-order valence-electron chi connectivity index (χ4n) is 2.38. The molecule has 4 nitrogen and oxygen atoms in total. The smallest absolute Gasteiger partial charge is 0.283 e. The number of aryl methyl sites for hydroxylation is 3. The van der Waals surface area contributed by atoms with Gasteiger partial charge < -0.3 is 0 Å². The standard InChI is InChI=1S/C15H12Cl3NO3S/c1-7-4-8(2)15(9(3)5-7)23(21,22)19-11-6-10(16)14(20)13(18)12(11)17/h4-6H,1-3H3/b19-11+. The van der Waals surface area contributed by atoms with Gasteiger partial charge in [-0.1, -0.05) is 52.5 Å². The van der Waals surface area contributed by atoms with E-state index in [4.69, 9.17) is 34.8 Å². The summed E-state index contributed by atoms with van der Waals surface area (Å²) in [6.07, 6.45) is 1.09. The maximum absolute atomic E-state index is 12.6. The number of nitrogens with zero attached hydrogens (tertiary/aromatic N) is 1. The molecule has 0 aliphatic heterocycles. The number of sulfonamides is 1. The van der Waals surface area contributed by atoms with Gasteiger partial charge in [-0.2, -0.15) is 12.8 Å². The zero-order valence-electron chi connectivity index (χ0n) is 12.4. The molecule has 0 fully saturated rings.